The summed E-state index contributed by atoms with van der Waals surface area (Å²) < 4.78 is 0. The molecule has 0 radical (unpaired) electrons. The van der Waals surface area contributed by atoms with E-state index in [0.717, 1.165) is 5.92 Å². The van der Waals surface area contributed by atoms with Gasteiger partial charge in [-0.2, -0.15) is 0 Å². The summed E-state index contributed by atoms with van der Waals surface area (Å²) in [6, 6.07) is 0.526. The molecule has 0 aromatic carbocycles. The van der Waals surface area contributed by atoms with Gasteiger partial charge >= 0.3 is 0 Å². The average Bonchev–Trinajstić information content (AvgIpc) is 2.99. The fraction of sp³-hybridized carbons (Fsp3) is 1.00. The second-order valence-corrected chi connectivity index (χ2v) is 5.14. The van der Waals surface area contributed by atoms with Crippen LogP contribution in [-0.2, 0) is 0 Å². The minimum absolute atomic E-state index is 0.526. The Hall–Kier alpha value is -0.0400. The molecule has 0 saturated heterocycles. The van der Waals surface area contributed by atoms with Gasteiger partial charge in [-0.1, -0.05) is 26.2 Å². The first kappa shape index (κ1) is 9.51. The van der Waals surface area contributed by atoms with Crippen LogP contribution in [0.3, 0.4) is 0 Å². The molecule has 0 aliphatic heterocycles. The Balaban J connectivity index is 1.91. The summed E-state index contributed by atoms with van der Waals surface area (Å²) in [7, 11) is 0. The van der Waals surface area contributed by atoms with E-state index in [0.29, 0.717) is 11.5 Å². The van der Waals surface area contributed by atoms with Crippen LogP contribution in [0, 0.1) is 11.3 Å². The van der Waals surface area contributed by atoms with Crippen LogP contribution in [0.1, 0.15) is 58.3 Å². The Labute approximate surface area is 82.1 Å². The van der Waals surface area contributed by atoms with Gasteiger partial charge in [-0.25, -0.2) is 0 Å². The van der Waals surface area contributed by atoms with Gasteiger partial charge in [-0.05, 0) is 43.4 Å². The lowest BCUT2D eigenvalue weighted by molar-refractivity contribution is 0.224. The summed E-state index contributed by atoms with van der Waals surface area (Å²) >= 11 is 0. The van der Waals surface area contributed by atoms with Crippen molar-refractivity contribution in [1.82, 2.24) is 0 Å². The van der Waals surface area contributed by atoms with E-state index in [1.54, 1.807) is 0 Å². The van der Waals surface area contributed by atoms with E-state index in [9.17, 15) is 0 Å². The molecule has 2 rings (SSSR count). The van der Waals surface area contributed by atoms with E-state index in [-0.39, 0.29) is 0 Å². The maximum absolute atomic E-state index is 6.40. The zero-order valence-corrected chi connectivity index (χ0v) is 8.89. The van der Waals surface area contributed by atoms with Crippen LogP contribution < -0.4 is 5.73 Å². The first-order valence-electron chi connectivity index (χ1n) is 6.04. The summed E-state index contributed by atoms with van der Waals surface area (Å²) in [5, 5.41) is 0. The standard InChI is InChI=1S/C12H23N/c1-2-12(8-9-12)11(13)10-6-4-3-5-7-10/h10-11H,2-9,13H2,1H3. The summed E-state index contributed by atoms with van der Waals surface area (Å²) in [4.78, 5) is 0. The second-order valence-electron chi connectivity index (χ2n) is 5.14. The number of hydrogen-bond donors (Lipinski definition) is 1. The average molecular weight is 181 g/mol. The van der Waals surface area contributed by atoms with E-state index in [4.69, 9.17) is 5.73 Å². The maximum atomic E-state index is 6.40. The Morgan fingerprint density at radius 3 is 2.31 bits per heavy atom. The van der Waals surface area contributed by atoms with Gasteiger partial charge in [0.05, 0.1) is 0 Å². The molecule has 0 bridgehead atoms. The van der Waals surface area contributed by atoms with Crippen LogP contribution in [-0.4, -0.2) is 6.04 Å². The molecule has 0 amide bonds. The lowest BCUT2D eigenvalue weighted by atomic mass is 9.76. The topological polar surface area (TPSA) is 26.0 Å². The molecule has 13 heavy (non-hydrogen) atoms. The van der Waals surface area contributed by atoms with Gasteiger partial charge in [0.2, 0.25) is 0 Å². The highest BCUT2D eigenvalue weighted by Gasteiger charge is 2.48. The highest BCUT2D eigenvalue weighted by atomic mass is 14.8. The smallest absolute Gasteiger partial charge is 0.0124 e. The molecular weight excluding hydrogens is 158 g/mol. The van der Waals surface area contributed by atoms with Crippen molar-refractivity contribution in [2.24, 2.45) is 17.1 Å². The van der Waals surface area contributed by atoms with E-state index in [1.807, 2.05) is 0 Å². The highest BCUT2D eigenvalue weighted by molar-refractivity contribution is 5.02. The monoisotopic (exact) mass is 181 g/mol. The molecule has 2 fully saturated rings. The van der Waals surface area contributed by atoms with Gasteiger partial charge < -0.3 is 5.73 Å². The van der Waals surface area contributed by atoms with Crippen molar-refractivity contribution in [2.45, 2.75) is 64.3 Å². The molecule has 2 saturated carbocycles. The van der Waals surface area contributed by atoms with Crippen molar-refractivity contribution in [2.75, 3.05) is 0 Å². The molecular formula is C12H23N. The van der Waals surface area contributed by atoms with Crippen LogP contribution >= 0.6 is 0 Å². The molecule has 0 heterocycles. The molecule has 0 aromatic rings. The zero-order chi connectivity index (χ0) is 9.31. The normalized spacial score (nSPS) is 30.0. The van der Waals surface area contributed by atoms with Gasteiger partial charge in [0.15, 0.2) is 0 Å². The van der Waals surface area contributed by atoms with Gasteiger partial charge in [0, 0.05) is 6.04 Å². The minimum Gasteiger partial charge on any atom is -0.327 e. The van der Waals surface area contributed by atoms with Crippen molar-refractivity contribution < 1.29 is 0 Å². The van der Waals surface area contributed by atoms with E-state index >= 15 is 0 Å². The SMILES string of the molecule is CCC1(C(N)C2CCCCC2)CC1. The van der Waals surface area contributed by atoms with Crippen LogP contribution in [0.4, 0.5) is 0 Å². The zero-order valence-electron chi connectivity index (χ0n) is 8.89. The summed E-state index contributed by atoms with van der Waals surface area (Å²) in [6.07, 6.45) is 11.2. The predicted molar refractivity (Wildman–Crippen MR) is 56.5 cm³/mol. The molecule has 1 unspecified atom stereocenters. The molecule has 2 N–H and O–H groups in total. The highest BCUT2D eigenvalue weighted by Crippen LogP contribution is 2.54. The van der Waals surface area contributed by atoms with Crippen molar-refractivity contribution >= 4 is 0 Å². The van der Waals surface area contributed by atoms with Crippen molar-refractivity contribution in [3.05, 3.63) is 0 Å². The molecule has 0 spiro atoms. The lowest BCUT2D eigenvalue weighted by Gasteiger charge is -2.33. The first-order chi connectivity index (χ1) is 6.28. The Bertz CT molecular complexity index is 166. The van der Waals surface area contributed by atoms with Gasteiger partial charge in [0.1, 0.15) is 0 Å². The number of hydrogen-bond acceptors (Lipinski definition) is 1. The lowest BCUT2D eigenvalue weighted by Crippen LogP contribution is -2.39. The third-order valence-electron chi connectivity index (χ3n) is 4.46. The summed E-state index contributed by atoms with van der Waals surface area (Å²) in [5.74, 6) is 0.858. The largest absolute Gasteiger partial charge is 0.327 e. The molecule has 1 nitrogen and oxygen atoms in total. The van der Waals surface area contributed by atoms with E-state index in [1.165, 1.54) is 51.4 Å². The third kappa shape index (κ3) is 1.76. The molecule has 0 aromatic heterocycles. The molecule has 2 aliphatic carbocycles. The molecule has 1 heteroatoms. The van der Waals surface area contributed by atoms with Crippen molar-refractivity contribution in [3.63, 3.8) is 0 Å². The Morgan fingerprint density at radius 2 is 1.85 bits per heavy atom. The quantitative estimate of drug-likeness (QED) is 0.711. The predicted octanol–water partition coefficient (Wildman–Crippen LogP) is 3.08. The fourth-order valence-corrected chi connectivity index (χ4v) is 3.08. The van der Waals surface area contributed by atoms with Crippen LogP contribution in [0.2, 0.25) is 0 Å². The fourth-order valence-electron chi connectivity index (χ4n) is 3.08. The Kier molecular flexibility index (Phi) is 2.64. The Morgan fingerprint density at radius 1 is 1.23 bits per heavy atom. The minimum atomic E-state index is 0.526. The van der Waals surface area contributed by atoms with E-state index < -0.39 is 0 Å². The second kappa shape index (κ2) is 3.61. The van der Waals surface area contributed by atoms with Crippen LogP contribution in [0.15, 0.2) is 0 Å². The first-order valence-corrected chi connectivity index (χ1v) is 6.04. The molecule has 76 valence electrons. The van der Waals surface area contributed by atoms with E-state index in [2.05, 4.69) is 6.92 Å². The maximum Gasteiger partial charge on any atom is 0.0124 e. The van der Waals surface area contributed by atoms with Gasteiger partial charge in [-0.15, -0.1) is 0 Å². The summed E-state index contributed by atoms with van der Waals surface area (Å²) in [5.41, 5.74) is 6.98. The van der Waals surface area contributed by atoms with Crippen molar-refractivity contribution in [1.29, 1.82) is 0 Å². The van der Waals surface area contributed by atoms with Gasteiger partial charge in [0.25, 0.3) is 0 Å². The van der Waals surface area contributed by atoms with Crippen LogP contribution in [0.25, 0.3) is 0 Å². The third-order valence-corrected chi connectivity index (χ3v) is 4.46. The summed E-state index contributed by atoms with van der Waals surface area (Å²) in [6.45, 7) is 2.32. The van der Waals surface area contributed by atoms with Crippen LogP contribution in [0.5, 0.6) is 0 Å². The number of nitrogens with two attached hydrogens (primary N) is 1. The molecule has 2 aliphatic rings. The molecule has 1 atom stereocenters. The van der Waals surface area contributed by atoms with Crippen molar-refractivity contribution in [3.8, 4) is 0 Å². The van der Waals surface area contributed by atoms with Gasteiger partial charge in [-0.3, -0.25) is 0 Å². The number of rotatable bonds is 3.